The Morgan fingerprint density at radius 1 is 0.895 bits per heavy atom. The molecule has 1 unspecified atom stereocenters. The summed E-state index contributed by atoms with van der Waals surface area (Å²) in [6, 6.07) is 3.36. The maximum atomic E-state index is 13.7. The third-order valence-electron chi connectivity index (χ3n) is 2.65. The van der Waals surface area contributed by atoms with Gasteiger partial charge in [0.15, 0.2) is 0 Å². The number of nitrogens with two attached hydrogens (primary N) is 1. The third-order valence-corrected chi connectivity index (χ3v) is 3.11. The van der Waals surface area contributed by atoms with E-state index in [-0.39, 0.29) is 10.0 Å². The van der Waals surface area contributed by atoms with Crippen LogP contribution in [0.3, 0.4) is 0 Å². The topological polar surface area (TPSA) is 26.0 Å². The lowest BCUT2D eigenvalue weighted by atomic mass is 9.98. The Kier molecular flexibility index (Phi) is 3.91. The molecule has 2 aromatic carbocycles. The molecule has 0 heterocycles. The number of hydrogen-bond donors (Lipinski definition) is 1. The Morgan fingerprint density at radius 3 is 2.00 bits per heavy atom. The second kappa shape index (κ2) is 5.30. The average Bonchev–Trinajstić information content (AvgIpc) is 2.26. The minimum absolute atomic E-state index is 0.179. The van der Waals surface area contributed by atoms with Crippen molar-refractivity contribution < 1.29 is 17.6 Å². The van der Waals surface area contributed by atoms with Crippen LogP contribution in [0.25, 0.3) is 0 Å². The Morgan fingerprint density at radius 2 is 1.47 bits per heavy atom. The Hall–Kier alpha value is -1.40. The van der Waals surface area contributed by atoms with Gasteiger partial charge in [-0.15, -0.1) is 0 Å². The molecular formula is C13H8BrF4N. The molecule has 0 aliphatic rings. The highest BCUT2D eigenvalue weighted by molar-refractivity contribution is 9.10. The predicted molar refractivity (Wildman–Crippen MR) is 66.4 cm³/mol. The maximum absolute atomic E-state index is 13.7. The standard InChI is InChI=1S/C13H8BrF4N/c14-6-3-10(17)12(11(18)4-6)13(19)8-2-1-7(15)5-9(8)16/h1-5,13H,19H2. The minimum Gasteiger partial charge on any atom is -0.320 e. The maximum Gasteiger partial charge on any atom is 0.132 e. The van der Waals surface area contributed by atoms with Crippen LogP contribution in [0.4, 0.5) is 17.6 Å². The van der Waals surface area contributed by atoms with Crippen LogP contribution < -0.4 is 5.73 Å². The highest BCUT2D eigenvalue weighted by Gasteiger charge is 2.22. The molecule has 0 bridgehead atoms. The summed E-state index contributed by atoms with van der Waals surface area (Å²) in [5.41, 5.74) is 5.02. The van der Waals surface area contributed by atoms with E-state index in [9.17, 15) is 17.6 Å². The van der Waals surface area contributed by atoms with Gasteiger partial charge in [0.1, 0.15) is 23.3 Å². The van der Waals surface area contributed by atoms with Gasteiger partial charge in [-0.3, -0.25) is 0 Å². The molecule has 0 aromatic heterocycles. The molecule has 2 rings (SSSR count). The molecule has 0 amide bonds. The van der Waals surface area contributed by atoms with Crippen LogP contribution in [-0.4, -0.2) is 0 Å². The van der Waals surface area contributed by atoms with E-state index in [2.05, 4.69) is 15.9 Å². The van der Waals surface area contributed by atoms with Crippen molar-refractivity contribution in [3.8, 4) is 0 Å². The van der Waals surface area contributed by atoms with E-state index in [4.69, 9.17) is 5.73 Å². The second-order valence-electron chi connectivity index (χ2n) is 3.93. The minimum atomic E-state index is -1.35. The predicted octanol–water partition coefficient (Wildman–Crippen LogP) is 4.05. The summed E-state index contributed by atoms with van der Waals surface area (Å²) in [5, 5.41) is 0. The molecule has 6 heteroatoms. The zero-order valence-electron chi connectivity index (χ0n) is 9.43. The molecule has 0 fully saturated rings. The lowest BCUT2D eigenvalue weighted by Crippen LogP contribution is -2.17. The van der Waals surface area contributed by atoms with Gasteiger partial charge in [0.2, 0.25) is 0 Å². The van der Waals surface area contributed by atoms with Gasteiger partial charge in [0.25, 0.3) is 0 Å². The summed E-state index contributed by atoms with van der Waals surface area (Å²) < 4.78 is 54.0. The van der Waals surface area contributed by atoms with Crippen molar-refractivity contribution in [2.75, 3.05) is 0 Å². The van der Waals surface area contributed by atoms with Crippen LogP contribution in [0.15, 0.2) is 34.8 Å². The molecule has 0 radical (unpaired) electrons. The number of hydrogen-bond acceptors (Lipinski definition) is 1. The summed E-state index contributed by atoms with van der Waals surface area (Å²) in [7, 11) is 0. The molecule has 1 atom stereocenters. The first-order chi connectivity index (χ1) is 8.90. The first-order valence-corrected chi connectivity index (χ1v) is 6.04. The van der Waals surface area contributed by atoms with Gasteiger partial charge in [-0.25, -0.2) is 17.6 Å². The molecule has 0 aliphatic carbocycles. The van der Waals surface area contributed by atoms with Crippen molar-refractivity contribution in [3.63, 3.8) is 0 Å². The molecule has 0 spiro atoms. The average molecular weight is 334 g/mol. The zero-order valence-corrected chi connectivity index (χ0v) is 11.0. The van der Waals surface area contributed by atoms with Crippen molar-refractivity contribution in [1.82, 2.24) is 0 Å². The van der Waals surface area contributed by atoms with Crippen molar-refractivity contribution >= 4 is 15.9 Å². The fourth-order valence-corrected chi connectivity index (χ4v) is 2.16. The molecule has 2 aromatic rings. The second-order valence-corrected chi connectivity index (χ2v) is 4.84. The third kappa shape index (κ3) is 2.79. The highest BCUT2D eigenvalue weighted by atomic mass is 79.9. The van der Waals surface area contributed by atoms with E-state index < -0.39 is 34.9 Å². The molecule has 2 N–H and O–H groups in total. The quantitative estimate of drug-likeness (QED) is 0.824. The van der Waals surface area contributed by atoms with Gasteiger partial charge in [0.05, 0.1) is 6.04 Å². The molecule has 0 saturated carbocycles. The molecule has 0 saturated heterocycles. The monoisotopic (exact) mass is 333 g/mol. The van der Waals surface area contributed by atoms with Gasteiger partial charge in [-0.2, -0.15) is 0 Å². The fraction of sp³-hybridized carbons (Fsp3) is 0.0769. The summed E-state index contributed by atoms with van der Waals surface area (Å²) in [6.45, 7) is 0. The lowest BCUT2D eigenvalue weighted by molar-refractivity contribution is 0.527. The van der Waals surface area contributed by atoms with E-state index >= 15 is 0 Å². The molecule has 1 nitrogen and oxygen atoms in total. The van der Waals surface area contributed by atoms with Crippen molar-refractivity contribution in [2.24, 2.45) is 5.73 Å². The van der Waals surface area contributed by atoms with Crippen LogP contribution >= 0.6 is 15.9 Å². The molecular weight excluding hydrogens is 326 g/mol. The fourth-order valence-electron chi connectivity index (χ4n) is 1.76. The van der Waals surface area contributed by atoms with Crippen LogP contribution in [0.5, 0.6) is 0 Å². The van der Waals surface area contributed by atoms with Crippen molar-refractivity contribution in [3.05, 3.63) is 69.2 Å². The summed E-state index contributed by atoms with van der Waals surface area (Å²) >= 11 is 2.93. The van der Waals surface area contributed by atoms with Gasteiger partial charge in [-0.1, -0.05) is 22.0 Å². The molecule has 100 valence electrons. The van der Waals surface area contributed by atoms with E-state index in [0.717, 1.165) is 24.3 Å². The van der Waals surface area contributed by atoms with Crippen LogP contribution in [-0.2, 0) is 0 Å². The summed E-state index contributed by atoms with van der Waals surface area (Å²) in [6.07, 6.45) is 0. The first kappa shape index (κ1) is 14.0. The van der Waals surface area contributed by atoms with E-state index in [0.29, 0.717) is 6.07 Å². The van der Waals surface area contributed by atoms with E-state index in [1.54, 1.807) is 0 Å². The van der Waals surface area contributed by atoms with E-state index in [1.165, 1.54) is 0 Å². The molecule has 19 heavy (non-hydrogen) atoms. The lowest BCUT2D eigenvalue weighted by Gasteiger charge is -2.15. The Balaban J connectivity index is 2.53. The number of benzene rings is 2. The first-order valence-electron chi connectivity index (χ1n) is 5.25. The van der Waals surface area contributed by atoms with E-state index in [1.807, 2.05) is 0 Å². The molecule has 0 aliphatic heterocycles. The number of rotatable bonds is 2. The van der Waals surface area contributed by atoms with Crippen LogP contribution in [0.2, 0.25) is 0 Å². The smallest absolute Gasteiger partial charge is 0.132 e. The van der Waals surface area contributed by atoms with Gasteiger partial charge >= 0.3 is 0 Å². The van der Waals surface area contributed by atoms with Crippen molar-refractivity contribution in [2.45, 2.75) is 6.04 Å². The summed E-state index contributed by atoms with van der Waals surface area (Å²) in [5.74, 6) is -3.54. The zero-order chi connectivity index (χ0) is 14.2. The SMILES string of the molecule is NC(c1ccc(F)cc1F)c1c(F)cc(Br)cc1F. The Bertz CT molecular complexity index is 607. The largest absolute Gasteiger partial charge is 0.320 e. The van der Waals surface area contributed by atoms with Crippen LogP contribution in [0.1, 0.15) is 17.2 Å². The number of halogens is 5. The Labute approximate surface area is 115 Å². The van der Waals surface area contributed by atoms with Gasteiger partial charge < -0.3 is 5.73 Å². The van der Waals surface area contributed by atoms with Crippen molar-refractivity contribution in [1.29, 1.82) is 0 Å². The van der Waals surface area contributed by atoms with Gasteiger partial charge in [-0.05, 0) is 18.2 Å². The normalized spacial score (nSPS) is 12.5. The highest BCUT2D eigenvalue weighted by Crippen LogP contribution is 2.29. The summed E-state index contributed by atoms with van der Waals surface area (Å²) in [4.78, 5) is 0. The van der Waals surface area contributed by atoms with Gasteiger partial charge in [0, 0.05) is 21.7 Å². The van der Waals surface area contributed by atoms with Crippen LogP contribution in [0, 0.1) is 23.3 Å².